The number of ether oxygens (including phenoxy) is 3. The molecule has 1 aromatic rings. The van der Waals surface area contributed by atoms with Gasteiger partial charge in [0.05, 0.1) is 6.61 Å². The molecular formula is C19H33NO6. The van der Waals surface area contributed by atoms with E-state index in [-0.39, 0.29) is 12.2 Å². The molecule has 1 rings (SSSR count). The van der Waals surface area contributed by atoms with E-state index in [4.69, 9.17) is 18.7 Å². The van der Waals surface area contributed by atoms with Crippen molar-refractivity contribution in [3.05, 3.63) is 11.8 Å². The lowest BCUT2D eigenvalue weighted by Gasteiger charge is -2.12. The highest BCUT2D eigenvalue weighted by atomic mass is 16.7. The number of carboxylic acids is 1. The highest BCUT2D eigenvalue weighted by Crippen LogP contribution is 2.27. The molecule has 0 radical (unpaired) electrons. The van der Waals surface area contributed by atoms with Crippen molar-refractivity contribution in [3.63, 3.8) is 0 Å². The predicted octanol–water partition coefficient (Wildman–Crippen LogP) is 4.23. The lowest BCUT2D eigenvalue weighted by molar-refractivity contribution is -0.140. The molecule has 0 aliphatic rings. The second kappa shape index (κ2) is 12.7. The molecule has 0 saturated heterocycles. The fraction of sp³-hybridized carbons (Fsp3) is 0.789. The molecule has 1 N–H and O–H groups in total. The minimum atomic E-state index is -0.912. The maximum atomic E-state index is 11.3. The summed E-state index contributed by atoms with van der Waals surface area (Å²) in [6.45, 7) is 4.24. The molecule has 1 aromatic heterocycles. The molecule has 0 spiro atoms. The normalized spacial score (nSPS) is 12.7. The van der Waals surface area contributed by atoms with Crippen LogP contribution in [-0.4, -0.2) is 43.3 Å². The van der Waals surface area contributed by atoms with Crippen LogP contribution in [0.3, 0.4) is 0 Å². The molecule has 0 saturated carbocycles. The zero-order chi connectivity index (χ0) is 19.4. The van der Waals surface area contributed by atoms with E-state index in [1.165, 1.54) is 12.8 Å². The number of hydrogen-bond acceptors (Lipinski definition) is 6. The maximum Gasteiger partial charge on any atom is 0.314 e. The van der Waals surface area contributed by atoms with Gasteiger partial charge in [-0.25, -0.2) is 0 Å². The van der Waals surface area contributed by atoms with E-state index in [9.17, 15) is 9.90 Å². The summed E-state index contributed by atoms with van der Waals surface area (Å²) in [5.74, 6) is -0.984. The SMILES string of the molecule is COC(CCCCCCCCOc1cc(C(C(=O)O)C(C)C)on1)OC. The topological polar surface area (TPSA) is 91.0 Å². The van der Waals surface area contributed by atoms with Crippen LogP contribution < -0.4 is 4.74 Å². The molecule has 0 aliphatic carbocycles. The average molecular weight is 371 g/mol. The monoisotopic (exact) mass is 371 g/mol. The van der Waals surface area contributed by atoms with Gasteiger partial charge in [-0.05, 0) is 30.3 Å². The summed E-state index contributed by atoms with van der Waals surface area (Å²) in [4.78, 5) is 11.3. The van der Waals surface area contributed by atoms with Crippen LogP contribution in [0.2, 0.25) is 0 Å². The average Bonchev–Trinajstić information content (AvgIpc) is 3.04. The highest BCUT2D eigenvalue weighted by molar-refractivity contribution is 5.75. The third kappa shape index (κ3) is 8.19. The standard InChI is InChI=1S/C19H33NO6/c1-14(2)18(19(21)22)15-13-16(20-26-15)25-12-10-8-6-5-7-9-11-17(23-3)24-4/h13-14,17-18H,5-12H2,1-4H3,(H,21,22). The van der Waals surface area contributed by atoms with Crippen LogP contribution in [-0.2, 0) is 14.3 Å². The number of hydrogen-bond donors (Lipinski definition) is 1. The molecule has 1 atom stereocenters. The molecule has 150 valence electrons. The number of unbranched alkanes of at least 4 members (excludes halogenated alkanes) is 5. The Morgan fingerprint density at radius 3 is 2.31 bits per heavy atom. The van der Waals surface area contributed by atoms with Crippen molar-refractivity contribution in [2.75, 3.05) is 20.8 Å². The zero-order valence-electron chi connectivity index (χ0n) is 16.4. The van der Waals surface area contributed by atoms with Crippen LogP contribution in [0.1, 0.15) is 70.5 Å². The fourth-order valence-electron chi connectivity index (χ4n) is 2.85. The first-order chi connectivity index (χ1) is 12.5. The number of carbonyl (C=O) groups is 1. The molecule has 7 nitrogen and oxygen atoms in total. The first kappa shape index (κ1) is 22.4. The minimum absolute atomic E-state index is 0.0728. The predicted molar refractivity (Wildman–Crippen MR) is 97.3 cm³/mol. The second-order valence-corrected chi connectivity index (χ2v) is 6.79. The molecule has 0 bridgehead atoms. The number of carboxylic acid groups (broad SMARTS) is 1. The Morgan fingerprint density at radius 1 is 1.12 bits per heavy atom. The first-order valence-corrected chi connectivity index (χ1v) is 9.37. The Balaban J connectivity index is 2.13. The Labute approximate surface area is 156 Å². The van der Waals surface area contributed by atoms with Crippen molar-refractivity contribution < 1.29 is 28.6 Å². The first-order valence-electron chi connectivity index (χ1n) is 9.37. The summed E-state index contributed by atoms with van der Waals surface area (Å²) in [6, 6.07) is 1.58. The van der Waals surface area contributed by atoms with Gasteiger partial charge in [0, 0.05) is 20.3 Å². The maximum absolute atomic E-state index is 11.3. The highest BCUT2D eigenvalue weighted by Gasteiger charge is 2.28. The number of methoxy groups -OCH3 is 2. The largest absolute Gasteiger partial charge is 0.481 e. The van der Waals surface area contributed by atoms with Crippen LogP contribution in [0.5, 0.6) is 5.88 Å². The van der Waals surface area contributed by atoms with Gasteiger partial charge in [0.15, 0.2) is 12.1 Å². The van der Waals surface area contributed by atoms with Crippen molar-refractivity contribution in [2.24, 2.45) is 5.92 Å². The van der Waals surface area contributed by atoms with Gasteiger partial charge in [-0.2, -0.15) is 0 Å². The number of aromatic nitrogens is 1. The van der Waals surface area contributed by atoms with Gasteiger partial charge >= 0.3 is 5.97 Å². The fourth-order valence-corrected chi connectivity index (χ4v) is 2.85. The summed E-state index contributed by atoms with van der Waals surface area (Å²) in [5, 5.41) is 13.1. The summed E-state index contributed by atoms with van der Waals surface area (Å²) in [6.07, 6.45) is 7.48. The Hall–Kier alpha value is -1.60. The van der Waals surface area contributed by atoms with E-state index >= 15 is 0 Å². The number of nitrogens with zero attached hydrogens (tertiary/aromatic N) is 1. The summed E-state index contributed by atoms with van der Waals surface area (Å²) >= 11 is 0. The molecule has 26 heavy (non-hydrogen) atoms. The quantitative estimate of drug-likeness (QED) is 0.364. The number of rotatable bonds is 15. The van der Waals surface area contributed by atoms with Gasteiger partial charge in [-0.3, -0.25) is 4.79 Å². The Morgan fingerprint density at radius 2 is 1.73 bits per heavy atom. The lowest BCUT2D eigenvalue weighted by atomic mass is 9.94. The summed E-state index contributed by atoms with van der Waals surface area (Å²) in [5.41, 5.74) is 0. The molecule has 0 fully saturated rings. The van der Waals surface area contributed by atoms with Gasteiger partial charge in [-0.1, -0.05) is 39.5 Å². The van der Waals surface area contributed by atoms with Crippen LogP contribution in [0, 0.1) is 5.92 Å². The summed E-state index contributed by atoms with van der Waals surface area (Å²) < 4.78 is 21.0. The van der Waals surface area contributed by atoms with Crippen molar-refractivity contribution in [1.29, 1.82) is 0 Å². The third-order valence-electron chi connectivity index (χ3n) is 4.36. The number of aliphatic carboxylic acids is 1. The van der Waals surface area contributed by atoms with Crippen LogP contribution in [0.15, 0.2) is 10.6 Å². The molecule has 0 aromatic carbocycles. The van der Waals surface area contributed by atoms with E-state index in [2.05, 4.69) is 5.16 Å². The second-order valence-electron chi connectivity index (χ2n) is 6.79. The molecule has 1 unspecified atom stereocenters. The minimum Gasteiger partial charge on any atom is -0.481 e. The zero-order valence-corrected chi connectivity index (χ0v) is 16.4. The van der Waals surface area contributed by atoms with E-state index in [1.807, 2.05) is 13.8 Å². The lowest BCUT2D eigenvalue weighted by Crippen LogP contribution is -2.16. The van der Waals surface area contributed by atoms with Gasteiger partial charge in [0.2, 0.25) is 0 Å². The summed E-state index contributed by atoms with van der Waals surface area (Å²) in [7, 11) is 3.33. The van der Waals surface area contributed by atoms with Gasteiger partial charge in [-0.15, -0.1) is 0 Å². The molecule has 0 amide bonds. The van der Waals surface area contributed by atoms with Gasteiger partial charge in [0.25, 0.3) is 5.88 Å². The molecular weight excluding hydrogens is 338 g/mol. The van der Waals surface area contributed by atoms with Crippen molar-refractivity contribution in [2.45, 2.75) is 71.0 Å². The van der Waals surface area contributed by atoms with Crippen LogP contribution in [0.4, 0.5) is 0 Å². The van der Waals surface area contributed by atoms with Gasteiger partial charge < -0.3 is 23.8 Å². The Bertz CT molecular complexity index is 498. The molecule has 7 heteroatoms. The van der Waals surface area contributed by atoms with E-state index in [1.54, 1.807) is 20.3 Å². The molecule has 0 aliphatic heterocycles. The van der Waals surface area contributed by atoms with E-state index in [0.29, 0.717) is 18.2 Å². The van der Waals surface area contributed by atoms with Crippen molar-refractivity contribution in [3.8, 4) is 5.88 Å². The van der Waals surface area contributed by atoms with Crippen LogP contribution >= 0.6 is 0 Å². The Kier molecular flexibility index (Phi) is 11.0. The van der Waals surface area contributed by atoms with Crippen molar-refractivity contribution in [1.82, 2.24) is 5.16 Å². The smallest absolute Gasteiger partial charge is 0.314 e. The molecule has 1 heterocycles. The van der Waals surface area contributed by atoms with E-state index < -0.39 is 11.9 Å². The van der Waals surface area contributed by atoms with Gasteiger partial charge in [0.1, 0.15) is 5.92 Å². The van der Waals surface area contributed by atoms with Crippen molar-refractivity contribution >= 4 is 5.97 Å². The van der Waals surface area contributed by atoms with E-state index in [0.717, 1.165) is 32.1 Å². The third-order valence-corrected chi connectivity index (χ3v) is 4.36. The van der Waals surface area contributed by atoms with Crippen LogP contribution in [0.25, 0.3) is 0 Å².